The lowest BCUT2D eigenvalue weighted by Gasteiger charge is -2.19. The SMILES string of the molecule is O=C(CSC1=NC(=O)[C@H](Cc2ccccc2)C(=O)N1)Nc1ccc2ccccc2c1. The highest BCUT2D eigenvalue weighted by Gasteiger charge is 2.32. The van der Waals surface area contributed by atoms with Gasteiger partial charge in [0, 0.05) is 5.69 Å². The third kappa shape index (κ3) is 4.75. The van der Waals surface area contributed by atoms with E-state index in [-0.39, 0.29) is 16.8 Å². The maximum atomic E-state index is 12.4. The Bertz CT molecular complexity index is 1140. The van der Waals surface area contributed by atoms with Gasteiger partial charge in [0.15, 0.2) is 5.17 Å². The van der Waals surface area contributed by atoms with E-state index in [1.54, 1.807) is 0 Å². The highest BCUT2D eigenvalue weighted by atomic mass is 32.2. The van der Waals surface area contributed by atoms with Gasteiger partial charge in [0.1, 0.15) is 5.92 Å². The molecule has 1 aliphatic rings. The van der Waals surface area contributed by atoms with Crippen molar-refractivity contribution in [2.45, 2.75) is 6.42 Å². The van der Waals surface area contributed by atoms with Gasteiger partial charge in [-0.25, -0.2) is 0 Å². The molecule has 0 unspecified atom stereocenters. The minimum absolute atomic E-state index is 0.0303. The van der Waals surface area contributed by atoms with Crippen LogP contribution in [0.3, 0.4) is 0 Å². The summed E-state index contributed by atoms with van der Waals surface area (Å²) in [4.78, 5) is 40.9. The van der Waals surface area contributed by atoms with E-state index in [0.717, 1.165) is 28.1 Å². The molecule has 150 valence electrons. The zero-order chi connectivity index (χ0) is 20.9. The molecule has 3 amide bonds. The first kappa shape index (κ1) is 19.8. The molecule has 0 fully saturated rings. The molecule has 0 saturated carbocycles. The number of amidine groups is 1. The molecule has 4 rings (SSSR count). The number of thioether (sulfide) groups is 1. The first-order chi connectivity index (χ1) is 14.6. The number of anilines is 1. The molecular weight excluding hydrogens is 398 g/mol. The summed E-state index contributed by atoms with van der Waals surface area (Å²) in [6, 6.07) is 22.9. The number of rotatable bonds is 5. The van der Waals surface area contributed by atoms with Crippen LogP contribution in [0, 0.1) is 5.92 Å². The normalized spacial score (nSPS) is 16.1. The van der Waals surface area contributed by atoms with E-state index >= 15 is 0 Å². The van der Waals surface area contributed by atoms with Crippen molar-refractivity contribution in [1.82, 2.24) is 5.32 Å². The summed E-state index contributed by atoms with van der Waals surface area (Å²) in [6.45, 7) is 0. The number of hydrogen-bond acceptors (Lipinski definition) is 4. The monoisotopic (exact) mass is 417 g/mol. The molecule has 0 aromatic heterocycles. The van der Waals surface area contributed by atoms with Gasteiger partial charge in [-0.15, -0.1) is 0 Å². The number of nitrogens with zero attached hydrogens (tertiary/aromatic N) is 1. The second kappa shape index (κ2) is 8.92. The summed E-state index contributed by atoms with van der Waals surface area (Å²) in [7, 11) is 0. The largest absolute Gasteiger partial charge is 0.325 e. The van der Waals surface area contributed by atoms with Crippen LogP contribution < -0.4 is 10.6 Å². The van der Waals surface area contributed by atoms with E-state index in [2.05, 4.69) is 15.6 Å². The summed E-state index contributed by atoms with van der Waals surface area (Å²) < 4.78 is 0. The molecule has 2 N–H and O–H groups in total. The highest BCUT2D eigenvalue weighted by Crippen LogP contribution is 2.20. The number of aliphatic imine (C=N–C) groups is 1. The van der Waals surface area contributed by atoms with Crippen LogP contribution in [0.4, 0.5) is 5.69 Å². The minimum Gasteiger partial charge on any atom is -0.325 e. The molecule has 1 heterocycles. The molecule has 30 heavy (non-hydrogen) atoms. The van der Waals surface area contributed by atoms with Gasteiger partial charge >= 0.3 is 0 Å². The maximum absolute atomic E-state index is 12.4. The summed E-state index contributed by atoms with van der Waals surface area (Å²) in [5.74, 6) is -1.94. The van der Waals surface area contributed by atoms with Gasteiger partial charge in [-0.3, -0.25) is 14.4 Å². The highest BCUT2D eigenvalue weighted by molar-refractivity contribution is 8.14. The van der Waals surface area contributed by atoms with Crippen LogP contribution in [0.25, 0.3) is 10.8 Å². The molecule has 0 saturated heterocycles. The van der Waals surface area contributed by atoms with Gasteiger partial charge in [0.25, 0.3) is 5.91 Å². The lowest BCUT2D eigenvalue weighted by molar-refractivity contribution is -0.133. The van der Waals surface area contributed by atoms with Gasteiger partial charge in [0.05, 0.1) is 5.75 Å². The average Bonchev–Trinajstić information content (AvgIpc) is 2.75. The number of carbonyl (C=O) groups is 3. The Kier molecular flexibility index (Phi) is 5.90. The van der Waals surface area contributed by atoms with Gasteiger partial charge in [-0.1, -0.05) is 72.4 Å². The lowest BCUT2D eigenvalue weighted by Crippen LogP contribution is -2.44. The van der Waals surface area contributed by atoms with Gasteiger partial charge in [0.2, 0.25) is 11.8 Å². The Balaban J connectivity index is 1.34. The van der Waals surface area contributed by atoms with Crippen molar-refractivity contribution >= 4 is 51.1 Å². The van der Waals surface area contributed by atoms with Crippen LogP contribution in [0.5, 0.6) is 0 Å². The first-order valence-corrected chi connectivity index (χ1v) is 10.5. The lowest BCUT2D eigenvalue weighted by atomic mass is 9.97. The molecule has 1 atom stereocenters. The fraction of sp³-hybridized carbons (Fsp3) is 0.130. The van der Waals surface area contributed by atoms with Crippen molar-refractivity contribution in [2.24, 2.45) is 10.9 Å². The third-order valence-corrected chi connectivity index (χ3v) is 5.59. The summed E-state index contributed by atoms with van der Waals surface area (Å²) in [5, 5.41) is 7.73. The van der Waals surface area contributed by atoms with Crippen LogP contribution in [-0.4, -0.2) is 28.6 Å². The van der Waals surface area contributed by atoms with E-state index in [9.17, 15) is 14.4 Å². The van der Waals surface area contributed by atoms with E-state index in [1.165, 1.54) is 0 Å². The molecular formula is C23H19N3O3S. The smallest absolute Gasteiger partial charge is 0.261 e. The number of carbonyl (C=O) groups excluding carboxylic acids is 3. The van der Waals surface area contributed by atoms with Crippen molar-refractivity contribution in [1.29, 1.82) is 0 Å². The molecule has 0 aliphatic carbocycles. The molecule has 0 spiro atoms. The number of hydrogen-bond donors (Lipinski definition) is 2. The Labute approximate surface area is 177 Å². The fourth-order valence-corrected chi connectivity index (χ4v) is 3.87. The molecule has 3 aromatic carbocycles. The van der Waals surface area contributed by atoms with Crippen LogP contribution in [0.15, 0.2) is 77.8 Å². The zero-order valence-electron chi connectivity index (χ0n) is 16.0. The average molecular weight is 417 g/mol. The Morgan fingerprint density at radius 3 is 2.47 bits per heavy atom. The number of benzene rings is 3. The Morgan fingerprint density at radius 2 is 1.70 bits per heavy atom. The number of nitrogens with one attached hydrogen (secondary N) is 2. The molecule has 7 heteroatoms. The quantitative estimate of drug-likeness (QED) is 0.623. The predicted molar refractivity (Wildman–Crippen MR) is 119 cm³/mol. The van der Waals surface area contributed by atoms with E-state index in [1.807, 2.05) is 72.8 Å². The summed E-state index contributed by atoms with van der Waals surface area (Å²) >= 11 is 1.03. The standard InChI is InChI=1S/C23H19N3O3S/c27-20(24-18-11-10-16-8-4-5-9-17(16)13-18)14-30-23-25-21(28)19(22(29)26-23)12-15-6-2-1-3-7-15/h1-11,13,19H,12,14H2,(H,24,27)(H,25,26,28,29). The molecule has 1 aliphatic heterocycles. The van der Waals surface area contributed by atoms with Gasteiger partial charge in [-0.2, -0.15) is 4.99 Å². The Morgan fingerprint density at radius 1 is 0.967 bits per heavy atom. The van der Waals surface area contributed by atoms with Crippen molar-refractivity contribution in [3.8, 4) is 0 Å². The van der Waals surface area contributed by atoms with E-state index in [4.69, 9.17) is 0 Å². The molecule has 0 radical (unpaired) electrons. The minimum atomic E-state index is -0.844. The van der Waals surface area contributed by atoms with Crippen molar-refractivity contribution in [3.05, 3.63) is 78.4 Å². The van der Waals surface area contributed by atoms with Gasteiger partial charge in [-0.05, 0) is 34.9 Å². The second-order valence-electron chi connectivity index (χ2n) is 6.89. The predicted octanol–water partition coefficient (Wildman–Crippen LogP) is 3.38. The van der Waals surface area contributed by atoms with Crippen molar-refractivity contribution < 1.29 is 14.4 Å². The Hall–Kier alpha value is -3.45. The van der Waals surface area contributed by atoms with Crippen LogP contribution >= 0.6 is 11.8 Å². The van der Waals surface area contributed by atoms with Crippen molar-refractivity contribution in [2.75, 3.05) is 11.1 Å². The number of amides is 3. The molecule has 6 nitrogen and oxygen atoms in total. The zero-order valence-corrected chi connectivity index (χ0v) is 16.8. The molecule has 3 aromatic rings. The van der Waals surface area contributed by atoms with Crippen molar-refractivity contribution in [3.63, 3.8) is 0 Å². The van der Waals surface area contributed by atoms with E-state index < -0.39 is 17.7 Å². The second-order valence-corrected chi connectivity index (χ2v) is 7.85. The maximum Gasteiger partial charge on any atom is 0.261 e. The topological polar surface area (TPSA) is 87.6 Å². The van der Waals surface area contributed by atoms with Crippen LogP contribution in [0.1, 0.15) is 5.56 Å². The third-order valence-electron chi connectivity index (χ3n) is 4.71. The van der Waals surface area contributed by atoms with Gasteiger partial charge < -0.3 is 10.6 Å². The number of fused-ring (bicyclic) bond motifs is 1. The van der Waals surface area contributed by atoms with Crippen LogP contribution in [-0.2, 0) is 20.8 Å². The van der Waals surface area contributed by atoms with E-state index in [0.29, 0.717) is 12.1 Å². The fourth-order valence-electron chi connectivity index (χ4n) is 3.21. The molecule has 0 bridgehead atoms. The first-order valence-electron chi connectivity index (χ1n) is 9.47. The van der Waals surface area contributed by atoms with Crippen LogP contribution in [0.2, 0.25) is 0 Å². The summed E-state index contributed by atoms with van der Waals surface area (Å²) in [5.41, 5.74) is 1.58. The summed E-state index contributed by atoms with van der Waals surface area (Å²) in [6.07, 6.45) is 0.301.